The highest BCUT2D eigenvalue weighted by Gasteiger charge is 2.50. The molecule has 3 atom stereocenters. The first-order valence-electron chi connectivity index (χ1n) is 7.94. The number of nitro groups is 1. The van der Waals surface area contributed by atoms with E-state index in [9.17, 15) is 24.5 Å². The van der Waals surface area contributed by atoms with E-state index < -0.39 is 42.3 Å². The van der Waals surface area contributed by atoms with Gasteiger partial charge in [0.2, 0.25) is 5.91 Å². The van der Waals surface area contributed by atoms with Gasteiger partial charge in [-0.1, -0.05) is 27.1 Å². The van der Waals surface area contributed by atoms with E-state index >= 15 is 0 Å². The van der Waals surface area contributed by atoms with Crippen molar-refractivity contribution in [2.24, 2.45) is 0 Å². The molecule has 0 saturated carbocycles. The molecule has 1 unspecified atom stereocenters. The topological polar surface area (TPSA) is 107 Å². The van der Waals surface area contributed by atoms with Crippen LogP contribution in [0.2, 0.25) is 0 Å². The minimum absolute atomic E-state index is 0.0561. The van der Waals surface area contributed by atoms with Crippen molar-refractivity contribution in [2.45, 2.75) is 24.0 Å². The third-order valence-corrected chi connectivity index (χ3v) is 6.42. The zero-order chi connectivity index (χ0) is 21.2. The van der Waals surface area contributed by atoms with Crippen molar-refractivity contribution in [2.75, 3.05) is 0 Å². The van der Waals surface area contributed by atoms with Gasteiger partial charge in [-0.05, 0) is 32.9 Å². The molecule has 8 nitrogen and oxygen atoms in total. The molecule has 1 fully saturated rings. The second-order valence-electron chi connectivity index (χ2n) is 5.66. The summed E-state index contributed by atoms with van der Waals surface area (Å²) in [5, 5.41) is 10.1. The number of nitrogens with zero attached hydrogens (tertiary/aromatic N) is 2. The number of nitro benzene ring substituents is 1. The van der Waals surface area contributed by atoms with Crippen molar-refractivity contribution >= 4 is 67.0 Å². The smallest absolute Gasteiger partial charge is 0.362 e. The number of β-lactam (4-membered cyclic amide) rings is 1. The first-order valence-corrected chi connectivity index (χ1v) is 10.6. The number of halogens is 1. The van der Waals surface area contributed by atoms with E-state index in [-0.39, 0.29) is 16.9 Å². The zero-order valence-electron chi connectivity index (χ0n) is 15.1. The lowest BCUT2D eigenvalue weighted by molar-refractivity contribution is -0.384. The van der Waals surface area contributed by atoms with Crippen LogP contribution in [0, 0.1) is 10.1 Å². The van der Waals surface area contributed by atoms with Crippen molar-refractivity contribution in [3.05, 3.63) is 51.2 Å². The molecule has 12 heteroatoms. The number of hydrogen-bond acceptors (Lipinski definition) is 7. The quantitative estimate of drug-likeness (QED) is 0.0897. The van der Waals surface area contributed by atoms with Gasteiger partial charge in [-0.2, -0.15) is 0 Å². The van der Waals surface area contributed by atoms with Gasteiger partial charge in [-0.25, -0.2) is 9.59 Å². The summed E-state index contributed by atoms with van der Waals surface area (Å²) in [6.07, 6.45) is 0. The summed E-state index contributed by atoms with van der Waals surface area (Å²) in [5.74, 6) is -2.48. The van der Waals surface area contributed by atoms with Gasteiger partial charge in [0, 0.05) is 12.1 Å². The van der Waals surface area contributed by atoms with Crippen LogP contribution in [0.1, 0.15) is 24.2 Å². The van der Waals surface area contributed by atoms with Crippen LogP contribution in [0.5, 0.6) is 0 Å². The highest BCUT2D eigenvalue weighted by atomic mass is 79.9. The predicted molar refractivity (Wildman–Crippen MR) is 107 cm³/mol. The Morgan fingerprint density at radius 2 is 2.00 bits per heavy atom. The number of non-ortho nitro benzene ring substituents is 1. The minimum atomic E-state index is -1.04. The monoisotopic (exact) mass is 473 g/mol. The molecule has 1 aliphatic rings. The first-order chi connectivity index (χ1) is 13.1. The van der Waals surface area contributed by atoms with Gasteiger partial charge < -0.3 is 4.74 Å². The number of carbonyl (C=O) groups excluding carboxylic acids is 3. The predicted octanol–water partition coefficient (Wildman–Crippen LogP) is 1.40. The minimum Gasteiger partial charge on any atom is -0.385 e. The maximum absolute atomic E-state index is 12.6. The molecule has 0 aromatic heterocycles. The molecule has 0 aliphatic carbocycles. The fourth-order valence-electron chi connectivity index (χ4n) is 2.34. The number of hydrogen-bond donors (Lipinski definition) is 0. The fraction of sp³-hybridized carbons (Fsp3) is 0.267. The molecule has 0 spiro atoms. The number of carbonyl (C=O) groups is 3. The summed E-state index contributed by atoms with van der Waals surface area (Å²) in [6.45, 7) is 3.15. The molecule has 27 heavy (non-hydrogen) atoms. The number of benzene rings is 1. The van der Waals surface area contributed by atoms with Crippen molar-refractivity contribution in [1.29, 1.82) is 1.34 Å². The van der Waals surface area contributed by atoms with Crippen LogP contribution < -0.4 is 0 Å². The average molecular weight is 474 g/mol. The summed E-state index contributed by atoms with van der Waals surface area (Å²) in [7, 11) is -0.0153. The second-order valence-corrected chi connectivity index (χ2v) is 8.94. The molecule has 1 amide bonds. The Labute approximate surface area is 172 Å². The van der Waals surface area contributed by atoms with Gasteiger partial charge >= 0.3 is 11.9 Å². The Kier molecular flexibility index (Phi) is 6.17. The molecule has 1 aromatic rings. The van der Waals surface area contributed by atoms with E-state index in [4.69, 9.17) is 17.3 Å². The second kappa shape index (κ2) is 8.40. The Morgan fingerprint density at radius 3 is 2.48 bits per heavy atom. The van der Waals surface area contributed by atoms with E-state index in [2.05, 4.69) is 15.9 Å². The summed E-state index contributed by atoms with van der Waals surface area (Å²) >= 11 is 8.37. The van der Waals surface area contributed by atoms with Crippen LogP contribution in [0.25, 0.3) is 0 Å². The average Bonchev–Trinajstić information content (AvgIpc) is 2.66. The number of likely N-dealkylation sites (tertiary alicyclic amines) is 1. The van der Waals surface area contributed by atoms with E-state index in [1.54, 1.807) is 13.8 Å². The lowest BCUT2D eigenvalue weighted by atomic mass is 10.1. The van der Waals surface area contributed by atoms with Crippen molar-refractivity contribution in [3.63, 3.8) is 0 Å². The lowest BCUT2D eigenvalue weighted by Gasteiger charge is -2.45. The number of allylic oxidation sites excluding steroid dienone is 1. The van der Waals surface area contributed by atoms with Crippen LogP contribution in [0.4, 0.5) is 5.69 Å². The largest absolute Gasteiger partial charge is 0.385 e. The molecule has 1 radical (unpaired) electrons. The number of alkyl halides is 1. The Balaban J connectivity index is 2.23. The van der Waals surface area contributed by atoms with Crippen LogP contribution in [-0.2, 0) is 34.8 Å². The summed E-state index contributed by atoms with van der Waals surface area (Å²) in [5.41, 5.74) is 0.0372. The first kappa shape index (κ1) is 19.8. The van der Waals surface area contributed by atoms with Crippen LogP contribution >= 0.6 is 15.9 Å². The SMILES string of the molecule is [3H][B][S@@](=S)C1[C@@H](Br)C(=O)N1C(C(=O)OC(=O)c1ccc([N+](=O)[O-])cc1)=C(C)C. The van der Waals surface area contributed by atoms with Gasteiger partial charge in [0.15, 0.2) is 7.09 Å². The van der Waals surface area contributed by atoms with Crippen molar-refractivity contribution in [3.8, 4) is 0 Å². The van der Waals surface area contributed by atoms with Gasteiger partial charge in [0.1, 0.15) is 10.5 Å². The normalized spacial score (nSPS) is 20.0. The molecular weight excluding hydrogens is 459 g/mol. The highest BCUT2D eigenvalue weighted by Crippen LogP contribution is 2.34. The summed E-state index contributed by atoms with van der Waals surface area (Å²) in [6, 6.07) is 4.55. The zero-order valence-corrected chi connectivity index (χ0v) is 17.3. The molecular formula is C15H13BBrN2O6S2. The van der Waals surface area contributed by atoms with E-state index in [0.717, 1.165) is 36.3 Å². The maximum Gasteiger partial charge on any atom is 0.362 e. The molecule has 141 valence electrons. The highest BCUT2D eigenvalue weighted by molar-refractivity contribution is 9.10. The molecule has 2 rings (SSSR count). The van der Waals surface area contributed by atoms with Crippen LogP contribution in [-0.4, -0.2) is 46.3 Å². The van der Waals surface area contributed by atoms with Crippen LogP contribution in [0.15, 0.2) is 35.5 Å². The third kappa shape index (κ3) is 4.33. The molecule has 1 aromatic carbocycles. The van der Waals surface area contributed by atoms with Crippen molar-refractivity contribution < 1.29 is 24.0 Å². The number of ether oxygens (including phenoxy) is 1. The molecule has 1 saturated heterocycles. The Bertz CT molecular complexity index is 906. The maximum atomic E-state index is 12.6. The number of amides is 1. The molecule has 0 bridgehead atoms. The summed E-state index contributed by atoms with van der Waals surface area (Å²) < 4.78 is 12.2. The van der Waals surface area contributed by atoms with Gasteiger partial charge in [-0.3, -0.25) is 19.8 Å². The Morgan fingerprint density at radius 1 is 1.41 bits per heavy atom. The van der Waals surface area contributed by atoms with E-state index in [0.29, 0.717) is 5.57 Å². The van der Waals surface area contributed by atoms with Gasteiger partial charge in [-0.15, -0.1) is 9.31 Å². The van der Waals surface area contributed by atoms with E-state index in [1.165, 1.54) is 0 Å². The standard InChI is InChI=1S/C15H13BBrN2O6S2/c1-7(2)11(18-12(20)10(17)13(18)27(16)26)15(22)25-14(21)8-3-5-9(6-4-8)19(23)24/h3-6,10,13,16H,1-2H3/t10-,13?,27-/m0/s1/i16T. The lowest BCUT2D eigenvalue weighted by Crippen LogP contribution is -2.64. The number of rotatable bonds is 6. The van der Waals surface area contributed by atoms with Gasteiger partial charge in [0.05, 0.1) is 15.9 Å². The fourth-order valence-corrected chi connectivity index (χ4v) is 5.29. The van der Waals surface area contributed by atoms with E-state index in [1.807, 2.05) is 0 Å². The molecule has 0 N–H and O–H groups in total. The van der Waals surface area contributed by atoms with Gasteiger partial charge in [0.25, 0.3) is 5.69 Å². The van der Waals surface area contributed by atoms with Crippen molar-refractivity contribution in [1.82, 2.24) is 4.90 Å². The Hall–Kier alpha value is -1.92. The molecule has 1 aliphatic heterocycles. The molecule has 1 heterocycles. The summed E-state index contributed by atoms with van der Waals surface area (Å²) in [4.78, 5) is 47.6. The van der Waals surface area contributed by atoms with Crippen LogP contribution in [0.3, 0.4) is 0 Å². The third-order valence-electron chi connectivity index (χ3n) is 3.62. The number of esters is 2.